The summed E-state index contributed by atoms with van der Waals surface area (Å²) in [6.07, 6.45) is 9.27. The molecular formula is C19H18FN. The molecule has 1 heterocycles. The Labute approximate surface area is 124 Å². The van der Waals surface area contributed by atoms with E-state index in [4.69, 9.17) is 0 Å². The number of fused-ring (bicyclic) bond motifs is 3. The SMILES string of the molecule is Fc1ccc2c(c1)C13CCCC1(CCC3)c1cccnc1-2. The van der Waals surface area contributed by atoms with E-state index in [1.54, 1.807) is 12.1 Å². The summed E-state index contributed by atoms with van der Waals surface area (Å²) in [6, 6.07) is 9.69. The molecule has 2 heteroatoms. The predicted molar refractivity (Wildman–Crippen MR) is 80.7 cm³/mol. The Morgan fingerprint density at radius 1 is 0.905 bits per heavy atom. The lowest BCUT2D eigenvalue weighted by Gasteiger charge is -2.47. The average Bonchev–Trinajstić information content (AvgIpc) is 3.04. The monoisotopic (exact) mass is 279 g/mol. The molecular weight excluding hydrogens is 261 g/mol. The normalized spacial score (nSPS) is 32.2. The molecule has 0 amide bonds. The fourth-order valence-corrected chi connectivity index (χ4v) is 5.77. The van der Waals surface area contributed by atoms with Crippen molar-refractivity contribution in [3.8, 4) is 11.3 Å². The Bertz CT molecular complexity index is 739. The zero-order valence-electron chi connectivity index (χ0n) is 12.0. The van der Waals surface area contributed by atoms with Gasteiger partial charge >= 0.3 is 0 Å². The lowest BCUT2D eigenvalue weighted by atomic mass is 9.56. The number of rotatable bonds is 0. The Morgan fingerprint density at radius 3 is 2.38 bits per heavy atom. The van der Waals surface area contributed by atoms with Gasteiger partial charge in [-0.25, -0.2) is 4.39 Å². The van der Waals surface area contributed by atoms with Crippen LogP contribution in [0.15, 0.2) is 36.5 Å². The van der Waals surface area contributed by atoms with Gasteiger partial charge in [-0.05, 0) is 61.1 Å². The molecule has 2 saturated carbocycles. The maximum atomic E-state index is 14.0. The highest BCUT2D eigenvalue weighted by molar-refractivity contribution is 5.75. The maximum Gasteiger partial charge on any atom is 0.123 e. The van der Waals surface area contributed by atoms with E-state index in [1.807, 2.05) is 12.3 Å². The number of pyridine rings is 1. The van der Waals surface area contributed by atoms with Crippen molar-refractivity contribution < 1.29 is 4.39 Å². The second-order valence-electron chi connectivity index (χ2n) is 6.96. The smallest absolute Gasteiger partial charge is 0.123 e. The molecule has 1 aromatic carbocycles. The first-order chi connectivity index (χ1) is 10.3. The highest BCUT2D eigenvalue weighted by atomic mass is 19.1. The largest absolute Gasteiger partial charge is 0.256 e. The van der Waals surface area contributed by atoms with Crippen molar-refractivity contribution in [3.63, 3.8) is 0 Å². The molecule has 0 unspecified atom stereocenters. The molecule has 5 rings (SSSR count). The minimum absolute atomic E-state index is 0.102. The molecule has 1 aromatic heterocycles. The first-order valence-electron chi connectivity index (χ1n) is 8.03. The molecule has 106 valence electrons. The van der Waals surface area contributed by atoms with Crippen molar-refractivity contribution in [3.05, 3.63) is 53.5 Å². The standard InChI is InChI=1S/C19H18FN/c20-13-5-6-14-16(12-13)19-9-2-7-18(19,8-3-10-19)15-4-1-11-21-17(14)15/h1,4-6,11-12H,2-3,7-10H2. The molecule has 0 radical (unpaired) electrons. The first kappa shape index (κ1) is 11.9. The molecule has 0 N–H and O–H groups in total. The summed E-state index contributed by atoms with van der Waals surface area (Å²) in [5.41, 5.74) is 5.33. The molecule has 0 saturated heterocycles. The molecule has 3 aliphatic rings. The van der Waals surface area contributed by atoms with Gasteiger partial charge in [0.25, 0.3) is 0 Å². The van der Waals surface area contributed by atoms with Crippen LogP contribution in [0.5, 0.6) is 0 Å². The minimum Gasteiger partial charge on any atom is -0.256 e. The van der Waals surface area contributed by atoms with Crippen LogP contribution >= 0.6 is 0 Å². The van der Waals surface area contributed by atoms with E-state index in [0.717, 1.165) is 5.69 Å². The Morgan fingerprint density at radius 2 is 1.62 bits per heavy atom. The van der Waals surface area contributed by atoms with Gasteiger partial charge in [-0.2, -0.15) is 0 Å². The molecule has 0 aliphatic heterocycles. The Kier molecular flexibility index (Phi) is 2.12. The van der Waals surface area contributed by atoms with Crippen LogP contribution in [0.3, 0.4) is 0 Å². The molecule has 0 spiro atoms. The summed E-state index contributed by atoms with van der Waals surface area (Å²) in [5.74, 6) is -0.102. The van der Waals surface area contributed by atoms with Crippen LogP contribution in [0.2, 0.25) is 0 Å². The highest BCUT2D eigenvalue weighted by Gasteiger charge is 2.62. The fraction of sp³-hybridized carbons (Fsp3) is 0.421. The molecule has 2 fully saturated rings. The third kappa shape index (κ3) is 1.21. The van der Waals surface area contributed by atoms with Gasteiger partial charge in [0.2, 0.25) is 0 Å². The number of halogens is 1. The quantitative estimate of drug-likeness (QED) is 0.678. The minimum atomic E-state index is -0.102. The van der Waals surface area contributed by atoms with E-state index in [1.165, 1.54) is 55.2 Å². The van der Waals surface area contributed by atoms with Crippen molar-refractivity contribution in [2.24, 2.45) is 0 Å². The summed E-state index contributed by atoms with van der Waals surface area (Å²) in [5, 5.41) is 0. The summed E-state index contributed by atoms with van der Waals surface area (Å²) in [7, 11) is 0. The topological polar surface area (TPSA) is 12.9 Å². The number of hydrogen-bond acceptors (Lipinski definition) is 1. The lowest BCUT2D eigenvalue weighted by Crippen LogP contribution is -2.43. The van der Waals surface area contributed by atoms with Gasteiger partial charge in [0, 0.05) is 22.6 Å². The maximum absolute atomic E-state index is 14.0. The van der Waals surface area contributed by atoms with E-state index in [0.29, 0.717) is 0 Å². The molecule has 3 aliphatic carbocycles. The zero-order chi connectivity index (χ0) is 14.1. The van der Waals surface area contributed by atoms with E-state index in [9.17, 15) is 4.39 Å². The number of hydrogen-bond donors (Lipinski definition) is 0. The van der Waals surface area contributed by atoms with Gasteiger partial charge in [-0.3, -0.25) is 4.98 Å². The summed E-state index contributed by atoms with van der Waals surface area (Å²) < 4.78 is 14.0. The van der Waals surface area contributed by atoms with E-state index in [-0.39, 0.29) is 16.6 Å². The number of aromatic nitrogens is 1. The second kappa shape index (κ2) is 3.73. The van der Waals surface area contributed by atoms with Crippen molar-refractivity contribution >= 4 is 0 Å². The van der Waals surface area contributed by atoms with E-state index < -0.39 is 0 Å². The molecule has 1 nitrogen and oxygen atoms in total. The average molecular weight is 279 g/mol. The third-order valence-corrected chi connectivity index (χ3v) is 6.41. The van der Waals surface area contributed by atoms with Crippen LogP contribution in [0, 0.1) is 5.82 Å². The Hall–Kier alpha value is -1.70. The van der Waals surface area contributed by atoms with E-state index >= 15 is 0 Å². The summed E-state index contributed by atoms with van der Waals surface area (Å²) in [6.45, 7) is 0. The fourth-order valence-electron chi connectivity index (χ4n) is 5.77. The summed E-state index contributed by atoms with van der Waals surface area (Å²) in [4.78, 5) is 4.68. The van der Waals surface area contributed by atoms with Gasteiger partial charge in [0.1, 0.15) is 5.82 Å². The van der Waals surface area contributed by atoms with Gasteiger partial charge in [0.15, 0.2) is 0 Å². The predicted octanol–water partition coefficient (Wildman–Crippen LogP) is 4.74. The molecule has 0 bridgehead atoms. The van der Waals surface area contributed by atoms with Gasteiger partial charge in [0.05, 0.1) is 5.69 Å². The van der Waals surface area contributed by atoms with Crippen LogP contribution in [0.25, 0.3) is 11.3 Å². The third-order valence-electron chi connectivity index (χ3n) is 6.41. The van der Waals surface area contributed by atoms with Crippen LogP contribution in [-0.2, 0) is 10.8 Å². The number of nitrogens with zero attached hydrogens (tertiary/aromatic N) is 1. The van der Waals surface area contributed by atoms with Gasteiger partial charge < -0.3 is 0 Å². The van der Waals surface area contributed by atoms with Crippen LogP contribution in [0.4, 0.5) is 4.39 Å². The lowest BCUT2D eigenvalue weighted by molar-refractivity contribution is 0.297. The van der Waals surface area contributed by atoms with Crippen LogP contribution in [-0.4, -0.2) is 4.98 Å². The van der Waals surface area contributed by atoms with Crippen LogP contribution in [0.1, 0.15) is 49.7 Å². The first-order valence-corrected chi connectivity index (χ1v) is 8.03. The van der Waals surface area contributed by atoms with Crippen molar-refractivity contribution in [2.45, 2.75) is 49.4 Å². The second-order valence-corrected chi connectivity index (χ2v) is 6.96. The van der Waals surface area contributed by atoms with Gasteiger partial charge in [-0.15, -0.1) is 0 Å². The Balaban J connectivity index is 1.94. The molecule has 21 heavy (non-hydrogen) atoms. The van der Waals surface area contributed by atoms with Gasteiger partial charge in [-0.1, -0.05) is 18.9 Å². The van der Waals surface area contributed by atoms with Crippen molar-refractivity contribution in [1.82, 2.24) is 4.98 Å². The molecule has 2 aromatic rings. The molecule has 0 atom stereocenters. The summed E-state index contributed by atoms with van der Waals surface area (Å²) >= 11 is 0. The van der Waals surface area contributed by atoms with Crippen molar-refractivity contribution in [2.75, 3.05) is 0 Å². The highest BCUT2D eigenvalue weighted by Crippen LogP contribution is 2.68. The van der Waals surface area contributed by atoms with Crippen LogP contribution < -0.4 is 0 Å². The van der Waals surface area contributed by atoms with E-state index in [2.05, 4.69) is 17.1 Å². The number of benzene rings is 1. The van der Waals surface area contributed by atoms with Crippen molar-refractivity contribution in [1.29, 1.82) is 0 Å². The zero-order valence-corrected chi connectivity index (χ0v) is 12.0.